The third-order valence-electron chi connectivity index (χ3n) is 2.26. The fourth-order valence-corrected chi connectivity index (χ4v) is 1.27. The highest BCUT2D eigenvalue weighted by Crippen LogP contribution is 2.16. The van der Waals surface area contributed by atoms with Crippen molar-refractivity contribution in [3.05, 3.63) is 17.0 Å². The molecule has 0 spiro atoms. The summed E-state index contributed by atoms with van der Waals surface area (Å²) in [6.07, 6.45) is 1.78. The SMILES string of the molecule is CCN(C)C(=O)CNc1ncnc(Cl)c1C=O. The molecular formula is C10H13ClN4O2. The number of carbonyl (C=O) groups excluding carboxylic acids is 2. The lowest BCUT2D eigenvalue weighted by molar-refractivity contribution is -0.127. The second-order valence-electron chi connectivity index (χ2n) is 3.31. The Balaban J connectivity index is 2.73. The van der Waals surface area contributed by atoms with E-state index in [1.54, 1.807) is 11.9 Å². The second kappa shape index (κ2) is 6.15. The van der Waals surface area contributed by atoms with Gasteiger partial charge in [0, 0.05) is 13.6 Å². The molecule has 0 fully saturated rings. The number of likely N-dealkylation sites (N-methyl/N-ethyl adjacent to an activating group) is 1. The summed E-state index contributed by atoms with van der Waals surface area (Å²) < 4.78 is 0. The average Bonchev–Trinajstić information content (AvgIpc) is 2.34. The van der Waals surface area contributed by atoms with Gasteiger partial charge in [0.05, 0.1) is 12.1 Å². The van der Waals surface area contributed by atoms with Gasteiger partial charge in [-0.3, -0.25) is 9.59 Å². The first kappa shape index (κ1) is 13.4. The Hall–Kier alpha value is -1.69. The van der Waals surface area contributed by atoms with Crippen LogP contribution < -0.4 is 5.32 Å². The standard InChI is InChI=1S/C10H13ClN4O2/c1-3-15(2)8(17)4-12-10-7(5-16)9(11)13-6-14-10/h5-6H,3-4H2,1-2H3,(H,12,13,14). The van der Waals surface area contributed by atoms with Gasteiger partial charge >= 0.3 is 0 Å². The Kier molecular flexibility index (Phi) is 4.84. The van der Waals surface area contributed by atoms with Gasteiger partial charge in [0.2, 0.25) is 5.91 Å². The molecule has 0 saturated heterocycles. The van der Waals surface area contributed by atoms with Gasteiger partial charge in [0.25, 0.3) is 0 Å². The Labute approximate surface area is 104 Å². The van der Waals surface area contributed by atoms with Gasteiger partial charge in [-0.1, -0.05) is 11.6 Å². The summed E-state index contributed by atoms with van der Waals surface area (Å²) in [5.74, 6) is 0.164. The highest BCUT2D eigenvalue weighted by atomic mass is 35.5. The number of nitrogens with one attached hydrogen (secondary N) is 1. The minimum Gasteiger partial charge on any atom is -0.360 e. The number of aldehydes is 1. The van der Waals surface area contributed by atoms with Gasteiger partial charge in [0.1, 0.15) is 17.3 Å². The third kappa shape index (κ3) is 3.39. The number of halogens is 1. The summed E-state index contributed by atoms with van der Waals surface area (Å²) in [6.45, 7) is 2.54. The molecule has 1 heterocycles. The van der Waals surface area contributed by atoms with E-state index in [9.17, 15) is 9.59 Å². The molecule has 0 radical (unpaired) electrons. The molecule has 1 aromatic rings. The van der Waals surface area contributed by atoms with E-state index < -0.39 is 0 Å². The van der Waals surface area contributed by atoms with Crippen LogP contribution in [-0.4, -0.2) is 47.2 Å². The summed E-state index contributed by atoms with van der Waals surface area (Å²) in [7, 11) is 1.69. The van der Waals surface area contributed by atoms with E-state index in [4.69, 9.17) is 11.6 Å². The number of hydrogen-bond donors (Lipinski definition) is 1. The molecule has 0 saturated carbocycles. The minimum absolute atomic E-state index is 0.0541. The Morgan fingerprint density at radius 3 is 2.88 bits per heavy atom. The van der Waals surface area contributed by atoms with E-state index in [1.807, 2.05) is 6.92 Å². The van der Waals surface area contributed by atoms with Crippen LogP contribution in [0.15, 0.2) is 6.33 Å². The quantitative estimate of drug-likeness (QED) is 0.624. The van der Waals surface area contributed by atoms with Gasteiger partial charge < -0.3 is 10.2 Å². The number of hydrogen-bond acceptors (Lipinski definition) is 5. The Morgan fingerprint density at radius 1 is 1.59 bits per heavy atom. The van der Waals surface area contributed by atoms with Crippen molar-refractivity contribution < 1.29 is 9.59 Å². The lowest BCUT2D eigenvalue weighted by Crippen LogP contribution is -2.32. The van der Waals surface area contributed by atoms with Gasteiger partial charge in [-0.2, -0.15) is 0 Å². The van der Waals surface area contributed by atoms with Crippen LogP contribution in [0.25, 0.3) is 0 Å². The number of carbonyl (C=O) groups is 2. The second-order valence-corrected chi connectivity index (χ2v) is 3.66. The zero-order chi connectivity index (χ0) is 12.8. The summed E-state index contributed by atoms with van der Waals surface area (Å²) in [4.78, 5) is 31.4. The topological polar surface area (TPSA) is 75.2 Å². The van der Waals surface area contributed by atoms with Crippen LogP contribution in [0, 0.1) is 0 Å². The summed E-state index contributed by atoms with van der Waals surface area (Å²) >= 11 is 5.72. The van der Waals surface area contributed by atoms with Crippen LogP contribution in [0.1, 0.15) is 17.3 Å². The van der Waals surface area contributed by atoms with Gasteiger partial charge in [-0.05, 0) is 6.92 Å². The van der Waals surface area contributed by atoms with Crippen molar-refractivity contribution in [3.63, 3.8) is 0 Å². The zero-order valence-electron chi connectivity index (χ0n) is 9.61. The summed E-state index contributed by atoms with van der Waals surface area (Å²) in [6, 6.07) is 0. The number of rotatable bonds is 5. The van der Waals surface area contributed by atoms with Crippen molar-refractivity contribution in [1.82, 2.24) is 14.9 Å². The van der Waals surface area contributed by atoms with Crippen molar-refractivity contribution in [2.45, 2.75) is 6.92 Å². The van der Waals surface area contributed by atoms with Gasteiger partial charge in [0.15, 0.2) is 6.29 Å². The average molecular weight is 257 g/mol. The highest BCUT2D eigenvalue weighted by Gasteiger charge is 2.11. The zero-order valence-corrected chi connectivity index (χ0v) is 10.4. The smallest absolute Gasteiger partial charge is 0.241 e. The minimum atomic E-state index is -0.0981. The van der Waals surface area contributed by atoms with Crippen molar-refractivity contribution in [2.75, 3.05) is 25.5 Å². The molecule has 0 aliphatic heterocycles. The first-order valence-corrected chi connectivity index (χ1v) is 5.41. The van der Waals surface area contributed by atoms with Crippen LogP contribution in [0.2, 0.25) is 5.15 Å². The third-order valence-corrected chi connectivity index (χ3v) is 2.56. The Bertz CT molecular complexity index is 425. The summed E-state index contributed by atoms with van der Waals surface area (Å²) in [5, 5.41) is 2.83. The lowest BCUT2D eigenvalue weighted by Gasteiger charge is -2.15. The van der Waals surface area contributed by atoms with Crippen molar-refractivity contribution in [1.29, 1.82) is 0 Å². The molecule has 92 valence electrons. The van der Waals surface area contributed by atoms with E-state index in [2.05, 4.69) is 15.3 Å². The molecular weight excluding hydrogens is 244 g/mol. The van der Waals surface area contributed by atoms with Gasteiger partial charge in [-0.25, -0.2) is 9.97 Å². The molecule has 7 heteroatoms. The molecule has 1 amide bonds. The normalized spacial score (nSPS) is 9.82. The van der Waals surface area contributed by atoms with E-state index in [0.29, 0.717) is 12.8 Å². The number of amides is 1. The maximum Gasteiger partial charge on any atom is 0.241 e. The van der Waals surface area contributed by atoms with Crippen LogP contribution in [0.5, 0.6) is 0 Å². The maximum absolute atomic E-state index is 11.5. The lowest BCUT2D eigenvalue weighted by atomic mass is 10.3. The van der Waals surface area contributed by atoms with E-state index in [0.717, 1.165) is 0 Å². The molecule has 0 bridgehead atoms. The van der Waals surface area contributed by atoms with Crippen LogP contribution in [-0.2, 0) is 4.79 Å². The molecule has 0 unspecified atom stereocenters. The van der Waals surface area contributed by atoms with Gasteiger partial charge in [-0.15, -0.1) is 0 Å². The predicted octanol–water partition coefficient (Wildman–Crippen LogP) is 0.833. The van der Waals surface area contributed by atoms with Crippen molar-refractivity contribution in [3.8, 4) is 0 Å². The molecule has 0 aliphatic carbocycles. The largest absolute Gasteiger partial charge is 0.360 e. The molecule has 17 heavy (non-hydrogen) atoms. The fraction of sp³-hybridized carbons (Fsp3) is 0.400. The molecule has 0 aliphatic rings. The first-order valence-electron chi connectivity index (χ1n) is 5.03. The van der Waals surface area contributed by atoms with Crippen molar-refractivity contribution >= 4 is 29.6 Å². The molecule has 6 nitrogen and oxygen atoms in total. The number of aromatic nitrogens is 2. The number of nitrogens with zero attached hydrogens (tertiary/aromatic N) is 3. The highest BCUT2D eigenvalue weighted by molar-refractivity contribution is 6.32. The molecule has 1 rings (SSSR count). The van der Waals surface area contributed by atoms with Crippen LogP contribution in [0.4, 0.5) is 5.82 Å². The van der Waals surface area contributed by atoms with E-state index in [1.165, 1.54) is 6.33 Å². The predicted molar refractivity (Wildman–Crippen MR) is 64.2 cm³/mol. The monoisotopic (exact) mass is 256 g/mol. The van der Waals surface area contributed by atoms with E-state index in [-0.39, 0.29) is 29.0 Å². The van der Waals surface area contributed by atoms with Crippen molar-refractivity contribution in [2.24, 2.45) is 0 Å². The Morgan fingerprint density at radius 2 is 2.29 bits per heavy atom. The molecule has 0 atom stereocenters. The molecule has 1 N–H and O–H groups in total. The number of anilines is 1. The fourth-order valence-electron chi connectivity index (χ4n) is 1.09. The van der Waals surface area contributed by atoms with Crippen LogP contribution in [0.3, 0.4) is 0 Å². The molecule has 0 aromatic carbocycles. The molecule has 1 aromatic heterocycles. The summed E-state index contributed by atoms with van der Waals surface area (Å²) in [5.41, 5.74) is 0.154. The maximum atomic E-state index is 11.5. The van der Waals surface area contributed by atoms with Crippen LogP contribution >= 0.6 is 11.6 Å². The van der Waals surface area contributed by atoms with E-state index >= 15 is 0 Å². The first-order chi connectivity index (χ1) is 8.10.